The highest BCUT2D eigenvalue weighted by Gasteiger charge is 2.39. The molecule has 0 radical (unpaired) electrons. The van der Waals surface area contributed by atoms with E-state index in [2.05, 4.69) is 5.32 Å². The number of hydrogen-bond donors (Lipinski definition) is 1. The molecule has 0 spiro atoms. The van der Waals surface area contributed by atoms with Crippen LogP contribution in [0.2, 0.25) is 0 Å². The lowest BCUT2D eigenvalue weighted by atomic mass is 9.83. The van der Waals surface area contributed by atoms with Crippen molar-refractivity contribution in [3.63, 3.8) is 0 Å². The minimum Gasteiger partial charge on any atom is -0.381 e. The van der Waals surface area contributed by atoms with Gasteiger partial charge in [0.05, 0.1) is 11.4 Å². The van der Waals surface area contributed by atoms with E-state index in [-0.39, 0.29) is 23.1 Å². The molecule has 1 aliphatic heterocycles. The van der Waals surface area contributed by atoms with Crippen LogP contribution in [0.15, 0.2) is 0 Å². The van der Waals surface area contributed by atoms with E-state index in [9.17, 15) is 8.42 Å². The summed E-state index contributed by atoms with van der Waals surface area (Å²) < 4.78 is 34.2. The predicted octanol–water partition coefficient (Wildman–Crippen LogP) is 0.985. The van der Waals surface area contributed by atoms with E-state index in [0.29, 0.717) is 19.6 Å². The summed E-state index contributed by atoms with van der Waals surface area (Å²) in [4.78, 5) is 0. The molecule has 114 valence electrons. The maximum Gasteiger partial charge on any atom is 0.150 e. The third-order valence-corrected chi connectivity index (χ3v) is 5.91. The average Bonchev–Trinajstić information content (AvgIpc) is 2.44. The molecule has 0 amide bonds. The van der Waals surface area contributed by atoms with Crippen molar-refractivity contribution in [3.8, 4) is 0 Å². The van der Waals surface area contributed by atoms with Gasteiger partial charge in [-0.25, -0.2) is 8.42 Å². The SMILES string of the molecule is CCS(=O)(=O)CCCC(NC)C1(OC)CCOCC1. The second kappa shape index (κ2) is 7.57. The molecule has 0 bridgehead atoms. The van der Waals surface area contributed by atoms with Crippen molar-refractivity contribution in [2.75, 3.05) is 38.9 Å². The van der Waals surface area contributed by atoms with Crippen LogP contribution in [-0.2, 0) is 19.3 Å². The van der Waals surface area contributed by atoms with Gasteiger partial charge in [0.15, 0.2) is 0 Å². The van der Waals surface area contributed by atoms with Crippen LogP contribution in [0.5, 0.6) is 0 Å². The number of rotatable bonds is 8. The van der Waals surface area contributed by atoms with E-state index in [1.165, 1.54) is 0 Å². The van der Waals surface area contributed by atoms with E-state index in [1.807, 2.05) is 7.05 Å². The highest BCUT2D eigenvalue weighted by Crippen LogP contribution is 2.30. The molecule has 1 N–H and O–H groups in total. The molecule has 5 nitrogen and oxygen atoms in total. The molecule has 0 aliphatic carbocycles. The van der Waals surface area contributed by atoms with Crippen molar-refractivity contribution in [1.29, 1.82) is 0 Å². The van der Waals surface area contributed by atoms with Crippen molar-refractivity contribution < 1.29 is 17.9 Å². The van der Waals surface area contributed by atoms with Gasteiger partial charge in [-0.15, -0.1) is 0 Å². The number of hydrogen-bond acceptors (Lipinski definition) is 5. The molecule has 1 heterocycles. The maximum atomic E-state index is 11.5. The summed E-state index contributed by atoms with van der Waals surface area (Å²) in [5.74, 6) is 0.485. The zero-order valence-corrected chi connectivity index (χ0v) is 13.1. The maximum absolute atomic E-state index is 11.5. The van der Waals surface area contributed by atoms with Crippen LogP contribution >= 0.6 is 0 Å². The number of methoxy groups -OCH3 is 1. The second-order valence-electron chi connectivity index (χ2n) is 5.10. The molecule has 1 fully saturated rings. The molecule has 0 aromatic rings. The van der Waals surface area contributed by atoms with Gasteiger partial charge in [-0.2, -0.15) is 0 Å². The fourth-order valence-corrected chi connectivity index (χ4v) is 3.63. The molecule has 1 unspecified atom stereocenters. The number of sulfone groups is 1. The number of likely N-dealkylation sites (N-methyl/N-ethyl adjacent to an activating group) is 1. The molecule has 6 heteroatoms. The van der Waals surface area contributed by atoms with Crippen molar-refractivity contribution in [3.05, 3.63) is 0 Å². The van der Waals surface area contributed by atoms with Gasteiger partial charge in [-0.05, 0) is 19.9 Å². The van der Waals surface area contributed by atoms with Crippen molar-refractivity contribution in [2.24, 2.45) is 0 Å². The van der Waals surface area contributed by atoms with Crippen LogP contribution in [0, 0.1) is 0 Å². The fraction of sp³-hybridized carbons (Fsp3) is 1.00. The largest absolute Gasteiger partial charge is 0.381 e. The van der Waals surface area contributed by atoms with E-state index in [0.717, 1.165) is 19.3 Å². The summed E-state index contributed by atoms with van der Waals surface area (Å²) in [6.07, 6.45) is 3.20. The Morgan fingerprint density at radius 1 is 1.37 bits per heavy atom. The van der Waals surface area contributed by atoms with Gasteiger partial charge >= 0.3 is 0 Å². The molecule has 0 aromatic carbocycles. The van der Waals surface area contributed by atoms with Crippen molar-refractivity contribution in [2.45, 2.75) is 44.2 Å². The Kier molecular flexibility index (Phi) is 6.73. The van der Waals surface area contributed by atoms with Gasteiger partial charge in [0.25, 0.3) is 0 Å². The minimum absolute atomic E-state index is 0.174. The Bertz CT molecular complexity index is 350. The Morgan fingerprint density at radius 2 is 2.00 bits per heavy atom. The van der Waals surface area contributed by atoms with Gasteiger partial charge in [-0.1, -0.05) is 6.92 Å². The summed E-state index contributed by atoms with van der Waals surface area (Å²) in [6.45, 7) is 3.11. The van der Waals surface area contributed by atoms with Crippen LogP contribution in [0.4, 0.5) is 0 Å². The third kappa shape index (κ3) is 4.70. The van der Waals surface area contributed by atoms with Gasteiger partial charge in [0.2, 0.25) is 0 Å². The summed E-state index contributed by atoms with van der Waals surface area (Å²) in [5, 5.41) is 3.29. The van der Waals surface area contributed by atoms with Crippen molar-refractivity contribution in [1.82, 2.24) is 5.32 Å². The Morgan fingerprint density at radius 3 is 2.47 bits per heavy atom. The number of ether oxygens (including phenoxy) is 2. The van der Waals surface area contributed by atoms with Gasteiger partial charge < -0.3 is 14.8 Å². The summed E-state index contributed by atoms with van der Waals surface area (Å²) >= 11 is 0. The Hall–Kier alpha value is -0.170. The molecule has 19 heavy (non-hydrogen) atoms. The van der Waals surface area contributed by atoms with Crippen LogP contribution < -0.4 is 5.32 Å². The first-order valence-electron chi connectivity index (χ1n) is 7.00. The summed E-state index contributed by atoms with van der Waals surface area (Å²) in [5.41, 5.74) is -0.219. The highest BCUT2D eigenvalue weighted by atomic mass is 32.2. The molecule has 1 aliphatic rings. The second-order valence-corrected chi connectivity index (χ2v) is 7.57. The quantitative estimate of drug-likeness (QED) is 0.723. The van der Waals surface area contributed by atoms with Crippen LogP contribution in [0.1, 0.15) is 32.6 Å². The number of nitrogens with one attached hydrogen (secondary N) is 1. The van der Waals surface area contributed by atoms with Crippen LogP contribution in [0.25, 0.3) is 0 Å². The zero-order valence-electron chi connectivity index (χ0n) is 12.3. The lowest BCUT2D eigenvalue weighted by Gasteiger charge is -2.42. The lowest BCUT2D eigenvalue weighted by molar-refractivity contribution is -0.110. The zero-order chi connectivity index (χ0) is 14.4. The van der Waals surface area contributed by atoms with E-state index < -0.39 is 9.84 Å². The van der Waals surface area contributed by atoms with Crippen molar-refractivity contribution >= 4 is 9.84 Å². The summed E-state index contributed by atoms with van der Waals surface area (Å²) in [6, 6.07) is 0.174. The molecule has 1 atom stereocenters. The molecular weight excluding hydrogens is 266 g/mol. The fourth-order valence-electron chi connectivity index (χ4n) is 2.73. The minimum atomic E-state index is -2.87. The van der Waals surface area contributed by atoms with Gasteiger partial charge in [0, 0.05) is 45.0 Å². The monoisotopic (exact) mass is 293 g/mol. The highest BCUT2D eigenvalue weighted by molar-refractivity contribution is 7.91. The van der Waals surface area contributed by atoms with Gasteiger partial charge in [0.1, 0.15) is 9.84 Å². The average molecular weight is 293 g/mol. The standard InChI is InChI=1S/C13H27NO4S/c1-4-19(15,16)11-5-6-12(14-2)13(17-3)7-9-18-10-8-13/h12,14H,4-11H2,1-3H3. The molecule has 0 aromatic heterocycles. The first-order valence-corrected chi connectivity index (χ1v) is 8.82. The molecular formula is C13H27NO4S. The van der Waals surface area contributed by atoms with E-state index in [4.69, 9.17) is 9.47 Å². The van der Waals surface area contributed by atoms with Crippen LogP contribution in [0.3, 0.4) is 0 Å². The smallest absolute Gasteiger partial charge is 0.150 e. The first kappa shape index (κ1) is 16.9. The normalized spacial score (nSPS) is 21.2. The van der Waals surface area contributed by atoms with Crippen LogP contribution in [-0.4, -0.2) is 58.9 Å². The Balaban J connectivity index is 2.56. The first-order chi connectivity index (χ1) is 8.99. The molecule has 1 rings (SSSR count). The molecule has 0 saturated carbocycles. The van der Waals surface area contributed by atoms with E-state index in [1.54, 1.807) is 14.0 Å². The summed E-state index contributed by atoms with van der Waals surface area (Å²) in [7, 11) is 0.773. The Labute approximate surface area is 117 Å². The third-order valence-electron chi connectivity index (χ3n) is 4.12. The topological polar surface area (TPSA) is 64.6 Å². The predicted molar refractivity (Wildman–Crippen MR) is 76.2 cm³/mol. The van der Waals surface area contributed by atoms with Gasteiger partial charge in [-0.3, -0.25) is 0 Å². The van der Waals surface area contributed by atoms with E-state index >= 15 is 0 Å². The molecule has 1 saturated heterocycles. The lowest BCUT2D eigenvalue weighted by Crippen LogP contribution is -2.54.